The predicted molar refractivity (Wildman–Crippen MR) is 73.2 cm³/mol. The number of aromatic nitrogens is 1. The second-order valence-electron chi connectivity index (χ2n) is 4.52. The van der Waals surface area contributed by atoms with E-state index in [4.69, 9.17) is 0 Å². The Morgan fingerprint density at radius 2 is 1.72 bits per heavy atom. The van der Waals surface area contributed by atoms with Gasteiger partial charge in [0, 0.05) is 18.0 Å². The first kappa shape index (κ1) is 9.54. The van der Waals surface area contributed by atoms with Crippen LogP contribution in [-0.2, 0) is 0 Å². The summed E-state index contributed by atoms with van der Waals surface area (Å²) >= 11 is 0. The molecule has 0 atom stereocenters. The number of pyridine rings is 2. The van der Waals surface area contributed by atoms with Crippen LogP contribution in [0.3, 0.4) is 0 Å². The SMILES string of the molecule is Oc1cccn2ccc3c4ccccc4cc-3c12. The van der Waals surface area contributed by atoms with Crippen LogP contribution in [0.5, 0.6) is 5.75 Å². The van der Waals surface area contributed by atoms with Crippen molar-refractivity contribution in [2.45, 2.75) is 0 Å². The van der Waals surface area contributed by atoms with Crippen molar-refractivity contribution in [2.24, 2.45) is 0 Å². The van der Waals surface area contributed by atoms with Gasteiger partial charge in [-0.25, -0.2) is 0 Å². The van der Waals surface area contributed by atoms with Gasteiger partial charge in [-0.05, 0) is 40.6 Å². The van der Waals surface area contributed by atoms with Crippen LogP contribution in [0.1, 0.15) is 0 Å². The molecule has 0 fully saturated rings. The van der Waals surface area contributed by atoms with E-state index in [2.05, 4.69) is 24.3 Å². The average molecular weight is 233 g/mol. The monoisotopic (exact) mass is 233 g/mol. The van der Waals surface area contributed by atoms with E-state index < -0.39 is 0 Å². The van der Waals surface area contributed by atoms with Gasteiger partial charge in [-0.3, -0.25) is 0 Å². The van der Waals surface area contributed by atoms with E-state index in [1.807, 2.05) is 35.0 Å². The molecule has 0 amide bonds. The number of benzene rings is 1. The first-order valence-electron chi connectivity index (χ1n) is 5.95. The summed E-state index contributed by atoms with van der Waals surface area (Å²) in [6.45, 7) is 0. The molecule has 86 valence electrons. The molecule has 1 N–H and O–H groups in total. The molecular weight excluding hydrogens is 222 g/mol. The number of aromatic hydroxyl groups is 1. The van der Waals surface area contributed by atoms with E-state index in [0.29, 0.717) is 5.75 Å². The minimum atomic E-state index is 0.318. The van der Waals surface area contributed by atoms with Crippen LogP contribution in [0, 0.1) is 0 Å². The highest BCUT2D eigenvalue weighted by molar-refractivity contribution is 6.07. The third-order valence-corrected chi connectivity index (χ3v) is 3.50. The molecule has 0 unspecified atom stereocenters. The standard InChI is InChI=1S/C16H11NO/c18-15-6-3-8-17-9-7-13-12-5-2-1-4-11(12)10-14(13)16(15)17/h1-10,18H. The molecule has 1 aromatic heterocycles. The molecule has 1 aliphatic heterocycles. The minimum absolute atomic E-state index is 0.318. The zero-order valence-electron chi connectivity index (χ0n) is 9.67. The van der Waals surface area contributed by atoms with Crippen molar-refractivity contribution >= 4 is 16.3 Å². The summed E-state index contributed by atoms with van der Waals surface area (Å²) in [4.78, 5) is 0. The summed E-state index contributed by atoms with van der Waals surface area (Å²) in [6.07, 6.45) is 3.94. The molecule has 1 aliphatic carbocycles. The largest absolute Gasteiger partial charge is 0.506 e. The van der Waals surface area contributed by atoms with E-state index >= 15 is 0 Å². The third-order valence-electron chi connectivity index (χ3n) is 3.50. The van der Waals surface area contributed by atoms with Crippen LogP contribution in [0.15, 0.2) is 60.9 Å². The van der Waals surface area contributed by atoms with Gasteiger partial charge in [0.05, 0.1) is 5.52 Å². The van der Waals surface area contributed by atoms with E-state index in [1.165, 1.54) is 16.3 Å². The second kappa shape index (κ2) is 3.26. The lowest BCUT2D eigenvalue weighted by atomic mass is 10.1. The Kier molecular flexibility index (Phi) is 1.73. The molecule has 2 aromatic rings. The maximum absolute atomic E-state index is 10.1. The van der Waals surface area contributed by atoms with Crippen molar-refractivity contribution in [1.29, 1.82) is 0 Å². The van der Waals surface area contributed by atoms with Crippen molar-refractivity contribution in [3.8, 4) is 16.9 Å². The lowest BCUT2D eigenvalue weighted by Gasteiger charge is -2.09. The topological polar surface area (TPSA) is 24.6 Å². The van der Waals surface area contributed by atoms with E-state index in [1.54, 1.807) is 6.07 Å². The number of hydrogen-bond donors (Lipinski definition) is 1. The smallest absolute Gasteiger partial charge is 0.140 e. The molecule has 1 aromatic carbocycles. The number of hydrogen-bond acceptors (Lipinski definition) is 1. The van der Waals surface area contributed by atoms with Gasteiger partial charge in [-0.15, -0.1) is 0 Å². The molecule has 0 saturated carbocycles. The molecular formula is C16H11NO. The molecule has 2 heteroatoms. The Balaban J connectivity index is 2.29. The highest BCUT2D eigenvalue weighted by Crippen LogP contribution is 2.39. The van der Waals surface area contributed by atoms with Gasteiger partial charge in [0.2, 0.25) is 0 Å². The lowest BCUT2D eigenvalue weighted by molar-refractivity contribution is 0.479. The summed E-state index contributed by atoms with van der Waals surface area (Å²) in [7, 11) is 0. The highest BCUT2D eigenvalue weighted by atomic mass is 16.3. The summed E-state index contributed by atoms with van der Waals surface area (Å²) in [5, 5.41) is 12.5. The summed E-state index contributed by atoms with van der Waals surface area (Å²) in [5.74, 6) is 0.318. The average Bonchev–Trinajstić information content (AvgIpc) is 2.77. The Labute approximate surface area is 104 Å². The van der Waals surface area contributed by atoms with Crippen LogP contribution in [0.2, 0.25) is 0 Å². The van der Waals surface area contributed by atoms with Gasteiger partial charge < -0.3 is 9.51 Å². The minimum Gasteiger partial charge on any atom is -0.506 e. The van der Waals surface area contributed by atoms with Crippen molar-refractivity contribution in [1.82, 2.24) is 4.40 Å². The molecule has 0 bridgehead atoms. The van der Waals surface area contributed by atoms with E-state index in [0.717, 1.165) is 11.1 Å². The molecule has 2 heterocycles. The molecule has 0 spiro atoms. The van der Waals surface area contributed by atoms with Crippen LogP contribution < -0.4 is 0 Å². The van der Waals surface area contributed by atoms with Gasteiger partial charge in [0.1, 0.15) is 5.75 Å². The molecule has 18 heavy (non-hydrogen) atoms. The maximum Gasteiger partial charge on any atom is 0.140 e. The molecule has 4 rings (SSSR count). The van der Waals surface area contributed by atoms with Gasteiger partial charge >= 0.3 is 0 Å². The van der Waals surface area contributed by atoms with Gasteiger partial charge in [-0.2, -0.15) is 0 Å². The molecule has 0 saturated heterocycles. The van der Waals surface area contributed by atoms with Crippen molar-refractivity contribution in [3.63, 3.8) is 0 Å². The maximum atomic E-state index is 10.1. The third kappa shape index (κ3) is 1.12. The number of fused-ring (bicyclic) bond motifs is 5. The van der Waals surface area contributed by atoms with E-state index in [-0.39, 0.29) is 0 Å². The molecule has 0 radical (unpaired) electrons. The fourth-order valence-electron chi connectivity index (χ4n) is 2.69. The summed E-state index contributed by atoms with van der Waals surface area (Å²) in [6, 6.07) is 16.1. The quantitative estimate of drug-likeness (QED) is 0.489. The second-order valence-corrected chi connectivity index (χ2v) is 4.52. The lowest BCUT2D eigenvalue weighted by Crippen LogP contribution is -1.90. The normalized spacial score (nSPS) is 11.6. The zero-order valence-corrected chi connectivity index (χ0v) is 9.67. The first-order chi connectivity index (χ1) is 8.84. The summed E-state index contributed by atoms with van der Waals surface area (Å²) < 4.78 is 1.95. The summed E-state index contributed by atoms with van der Waals surface area (Å²) in [5.41, 5.74) is 3.15. The van der Waals surface area contributed by atoms with Crippen LogP contribution in [0.4, 0.5) is 0 Å². The van der Waals surface area contributed by atoms with Gasteiger partial charge in [0.15, 0.2) is 0 Å². The first-order valence-corrected chi connectivity index (χ1v) is 5.95. The van der Waals surface area contributed by atoms with Crippen LogP contribution in [0.25, 0.3) is 27.4 Å². The Morgan fingerprint density at radius 1 is 0.833 bits per heavy atom. The van der Waals surface area contributed by atoms with Crippen molar-refractivity contribution in [2.75, 3.05) is 0 Å². The predicted octanol–water partition coefficient (Wildman–Crippen LogP) is 3.90. The Bertz CT molecular complexity index is 844. The fourth-order valence-corrected chi connectivity index (χ4v) is 2.69. The van der Waals surface area contributed by atoms with Crippen molar-refractivity contribution in [3.05, 3.63) is 60.9 Å². The molecule has 2 aliphatic rings. The fraction of sp³-hybridized carbons (Fsp3) is 0. The zero-order chi connectivity index (χ0) is 12.1. The van der Waals surface area contributed by atoms with Crippen molar-refractivity contribution < 1.29 is 5.11 Å². The van der Waals surface area contributed by atoms with E-state index in [9.17, 15) is 5.11 Å². The van der Waals surface area contributed by atoms with Gasteiger partial charge in [-0.1, -0.05) is 24.3 Å². The highest BCUT2D eigenvalue weighted by Gasteiger charge is 2.14. The van der Waals surface area contributed by atoms with Crippen LogP contribution in [-0.4, -0.2) is 9.51 Å². The van der Waals surface area contributed by atoms with Gasteiger partial charge in [0.25, 0.3) is 0 Å². The van der Waals surface area contributed by atoms with Crippen LogP contribution >= 0.6 is 0 Å². The number of rotatable bonds is 0. The number of nitrogens with zero attached hydrogens (tertiary/aromatic N) is 1. The Hall–Kier alpha value is -2.48. The Morgan fingerprint density at radius 3 is 2.67 bits per heavy atom. The molecule has 2 nitrogen and oxygen atoms in total.